The van der Waals surface area contributed by atoms with Crippen LogP contribution in [0.5, 0.6) is 5.75 Å². The summed E-state index contributed by atoms with van der Waals surface area (Å²) >= 11 is 9.24. The van der Waals surface area contributed by atoms with Crippen LogP contribution < -0.4 is 15.5 Å². The highest BCUT2D eigenvalue weighted by atomic mass is 79.9. The fourth-order valence-electron chi connectivity index (χ4n) is 2.73. The summed E-state index contributed by atoms with van der Waals surface area (Å²) in [5.74, 6) is -0.414. The van der Waals surface area contributed by atoms with Gasteiger partial charge in [0.05, 0.1) is 22.3 Å². The Hall–Kier alpha value is -3.67. The summed E-state index contributed by atoms with van der Waals surface area (Å²) in [6.07, 6.45) is 1.08. The Morgan fingerprint density at radius 1 is 1.09 bits per heavy atom. The van der Waals surface area contributed by atoms with Gasteiger partial charge in [0.2, 0.25) is 11.8 Å². The maximum absolute atomic E-state index is 11.9. The lowest BCUT2D eigenvalue weighted by Crippen LogP contribution is -2.24. The first-order valence-corrected chi connectivity index (χ1v) is 10.9. The largest absolute Gasteiger partial charge is 0.488 e. The van der Waals surface area contributed by atoms with E-state index in [0.717, 1.165) is 5.56 Å². The van der Waals surface area contributed by atoms with E-state index in [2.05, 4.69) is 37.8 Å². The zero-order valence-corrected chi connectivity index (χ0v) is 19.6. The zero-order valence-electron chi connectivity index (χ0n) is 17.2. The van der Waals surface area contributed by atoms with Crippen LogP contribution >= 0.6 is 27.5 Å². The van der Waals surface area contributed by atoms with Gasteiger partial charge in [0.25, 0.3) is 0 Å². The molecule has 0 unspecified atom stereocenters. The van der Waals surface area contributed by atoms with Gasteiger partial charge in [-0.25, -0.2) is 5.43 Å². The molecule has 0 bridgehead atoms. The van der Waals surface area contributed by atoms with Crippen LogP contribution in [0, 0.1) is 11.3 Å². The third kappa shape index (κ3) is 7.45. The van der Waals surface area contributed by atoms with Crippen molar-refractivity contribution in [2.24, 2.45) is 5.10 Å². The first-order chi connectivity index (χ1) is 15.9. The van der Waals surface area contributed by atoms with E-state index in [1.54, 1.807) is 54.6 Å². The number of hydrogen-bond donors (Lipinski definition) is 2. The van der Waals surface area contributed by atoms with Gasteiger partial charge in [0.15, 0.2) is 0 Å². The van der Waals surface area contributed by atoms with E-state index in [4.69, 9.17) is 21.6 Å². The number of ether oxygens (including phenoxy) is 1. The van der Waals surface area contributed by atoms with Crippen LogP contribution in [0.1, 0.15) is 23.1 Å². The molecule has 0 aromatic heterocycles. The van der Waals surface area contributed by atoms with Crippen LogP contribution in [-0.4, -0.2) is 18.0 Å². The van der Waals surface area contributed by atoms with E-state index in [0.29, 0.717) is 32.1 Å². The Kier molecular flexibility index (Phi) is 8.58. The normalized spacial score (nSPS) is 10.5. The molecule has 2 amide bonds. The monoisotopic (exact) mass is 524 g/mol. The summed E-state index contributed by atoms with van der Waals surface area (Å²) in [5, 5.41) is 16.2. The summed E-state index contributed by atoms with van der Waals surface area (Å²) < 4.78 is 6.49. The number of carbonyl (C=O) groups excluding carboxylic acids is 2. The van der Waals surface area contributed by atoms with Crippen LogP contribution in [-0.2, 0) is 16.2 Å². The average Bonchev–Trinajstić information content (AvgIpc) is 2.80. The number of halogens is 2. The van der Waals surface area contributed by atoms with Crippen LogP contribution in [0.4, 0.5) is 5.69 Å². The van der Waals surface area contributed by atoms with Crippen LogP contribution in [0.25, 0.3) is 0 Å². The summed E-state index contributed by atoms with van der Waals surface area (Å²) in [6.45, 7) is 0.254. The van der Waals surface area contributed by atoms with E-state index in [1.165, 1.54) is 6.21 Å². The van der Waals surface area contributed by atoms with Crippen molar-refractivity contribution >= 4 is 51.2 Å². The van der Waals surface area contributed by atoms with Gasteiger partial charge in [-0.1, -0.05) is 29.8 Å². The van der Waals surface area contributed by atoms with Crippen molar-refractivity contribution in [3.05, 3.63) is 92.9 Å². The first-order valence-electron chi connectivity index (χ1n) is 9.72. The van der Waals surface area contributed by atoms with Gasteiger partial charge in [0, 0.05) is 16.3 Å². The summed E-state index contributed by atoms with van der Waals surface area (Å²) in [5.41, 5.74) is 4.93. The van der Waals surface area contributed by atoms with Gasteiger partial charge < -0.3 is 10.1 Å². The Morgan fingerprint density at radius 3 is 2.58 bits per heavy atom. The molecule has 0 aliphatic carbocycles. The number of hydrogen-bond acceptors (Lipinski definition) is 5. The lowest BCUT2D eigenvalue weighted by Gasteiger charge is -2.10. The number of rotatable bonds is 8. The van der Waals surface area contributed by atoms with Gasteiger partial charge >= 0.3 is 0 Å². The second kappa shape index (κ2) is 11.8. The predicted molar refractivity (Wildman–Crippen MR) is 130 cm³/mol. The minimum absolute atomic E-state index is 0.254. The number of amides is 2. The highest BCUT2D eigenvalue weighted by molar-refractivity contribution is 9.10. The van der Waals surface area contributed by atoms with Gasteiger partial charge in [-0.15, -0.1) is 0 Å². The Morgan fingerprint density at radius 2 is 1.85 bits per heavy atom. The maximum atomic E-state index is 11.9. The van der Waals surface area contributed by atoms with Gasteiger partial charge in [0.1, 0.15) is 18.8 Å². The molecule has 3 aromatic rings. The summed E-state index contributed by atoms with van der Waals surface area (Å²) in [6, 6.07) is 21.2. The number of nitrogens with one attached hydrogen (secondary N) is 2. The predicted octanol–water partition coefficient (Wildman–Crippen LogP) is 5.03. The first kappa shape index (κ1) is 24.0. The molecule has 0 spiro atoms. The molecular weight excluding hydrogens is 508 g/mol. The van der Waals surface area contributed by atoms with Gasteiger partial charge in [-0.05, 0) is 70.0 Å². The third-order valence-corrected chi connectivity index (χ3v) is 5.20. The lowest BCUT2D eigenvalue weighted by molar-refractivity contribution is -0.126. The molecule has 166 valence electrons. The number of carbonyl (C=O) groups is 2. The molecule has 0 aliphatic heterocycles. The Labute approximate surface area is 204 Å². The molecule has 7 nitrogen and oxygen atoms in total. The van der Waals surface area contributed by atoms with Crippen molar-refractivity contribution in [3.8, 4) is 11.8 Å². The van der Waals surface area contributed by atoms with Crippen LogP contribution in [0.15, 0.2) is 76.3 Å². The lowest BCUT2D eigenvalue weighted by atomic mass is 10.1. The van der Waals surface area contributed by atoms with E-state index in [1.807, 2.05) is 12.1 Å². The summed E-state index contributed by atoms with van der Waals surface area (Å²) in [7, 11) is 0. The molecule has 0 aliphatic rings. The fourth-order valence-corrected chi connectivity index (χ4v) is 3.36. The van der Waals surface area contributed by atoms with Crippen LogP contribution in [0.2, 0.25) is 5.02 Å². The van der Waals surface area contributed by atoms with E-state index >= 15 is 0 Å². The molecule has 0 radical (unpaired) electrons. The molecule has 0 saturated carbocycles. The minimum atomic E-state index is -0.548. The number of nitriles is 1. The zero-order chi connectivity index (χ0) is 23.6. The fraction of sp³-hybridized carbons (Fsp3) is 0.0833. The number of hydrazone groups is 1. The number of benzene rings is 3. The molecule has 0 heterocycles. The number of anilines is 1. The third-order valence-electron chi connectivity index (χ3n) is 4.33. The molecular formula is C24H18BrClN4O3. The molecule has 0 atom stereocenters. The smallest absolute Gasteiger partial charge is 0.249 e. The standard InChI is InChI=1S/C24H18BrClN4O3/c25-21-11-16(5-10-22(21)33-15-18-4-2-1-3-17(18)13-27)14-28-30-24(32)12-23(31)29-20-8-6-19(26)7-9-20/h1-11,14H,12,15H2,(H,29,31)(H,30,32). The molecule has 0 fully saturated rings. The molecule has 3 aromatic carbocycles. The SMILES string of the molecule is N#Cc1ccccc1COc1ccc(C=NNC(=O)CC(=O)Nc2ccc(Cl)cc2)cc1Br. The van der Waals surface area contributed by atoms with E-state index < -0.39 is 11.8 Å². The summed E-state index contributed by atoms with van der Waals surface area (Å²) in [4.78, 5) is 23.9. The second-order valence-electron chi connectivity index (χ2n) is 6.77. The van der Waals surface area contributed by atoms with Gasteiger partial charge in [-0.2, -0.15) is 10.4 Å². The Bertz CT molecular complexity index is 1220. The molecule has 33 heavy (non-hydrogen) atoms. The maximum Gasteiger partial charge on any atom is 0.249 e. The van der Waals surface area contributed by atoms with Gasteiger partial charge in [-0.3, -0.25) is 9.59 Å². The van der Waals surface area contributed by atoms with Crippen molar-refractivity contribution in [3.63, 3.8) is 0 Å². The average molecular weight is 526 g/mol. The van der Waals surface area contributed by atoms with Crippen molar-refractivity contribution < 1.29 is 14.3 Å². The van der Waals surface area contributed by atoms with Crippen molar-refractivity contribution in [2.75, 3.05) is 5.32 Å². The Balaban J connectivity index is 1.49. The quantitative estimate of drug-likeness (QED) is 0.244. The van der Waals surface area contributed by atoms with Crippen LogP contribution in [0.3, 0.4) is 0 Å². The highest BCUT2D eigenvalue weighted by Gasteiger charge is 2.09. The molecule has 0 saturated heterocycles. The molecule has 2 N–H and O–H groups in total. The highest BCUT2D eigenvalue weighted by Crippen LogP contribution is 2.26. The minimum Gasteiger partial charge on any atom is -0.488 e. The molecule has 3 rings (SSSR count). The molecule has 9 heteroatoms. The van der Waals surface area contributed by atoms with Crippen molar-refractivity contribution in [1.82, 2.24) is 5.43 Å². The van der Waals surface area contributed by atoms with E-state index in [9.17, 15) is 9.59 Å². The number of nitrogens with zero attached hydrogens (tertiary/aromatic N) is 2. The van der Waals surface area contributed by atoms with E-state index in [-0.39, 0.29) is 13.0 Å². The topological polar surface area (TPSA) is 104 Å². The van der Waals surface area contributed by atoms with Crippen molar-refractivity contribution in [1.29, 1.82) is 5.26 Å². The van der Waals surface area contributed by atoms with Crippen molar-refractivity contribution in [2.45, 2.75) is 13.0 Å². The second-order valence-corrected chi connectivity index (χ2v) is 8.06.